The van der Waals surface area contributed by atoms with E-state index in [2.05, 4.69) is 17.1 Å². The van der Waals surface area contributed by atoms with Crippen molar-refractivity contribution in [1.82, 2.24) is 10.2 Å². The van der Waals surface area contributed by atoms with E-state index in [9.17, 15) is 4.39 Å². The maximum absolute atomic E-state index is 14.0. The molecule has 3 nitrogen and oxygen atoms in total. The molecular formula is C17H25FIN3. The summed E-state index contributed by atoms with van der Waals surface area (Å²) in [5.41, 5.74) is 0.775. The Balaban J connectivity index is 0.00000176. The predicted octanol–water partition coefficient (Wildman–Crippen LogP) is 3.54. The van der Waals surface area contributed by atoms with Crippen LogP contribution in [0.4, 0.5) is 4.39 Å². The fourth-order valence-electron chi connectivity index (χ4n) is 3.14. The molecule has 5 heteroatoms. The van der Waals surface area contributed by atoms with Gasteiger partial charge in [0.2, 0.25) is 0 Å². The quantitative estimate of drug-likeness (QED) is 0.461. The van der Waals surface area contributed by atoms with E-state index < -0.39 is 0 Å². The lowest BCUT2D eigenvalue weighted by atomic mass is 9.95. The van der Waals surface area contributed by atoms with Gasteiger partial charge in [-0.1, -0.05) is 18.2 Å². The normalized spacial score (nSPS) is 19.7. The lowest BCUT2D eigenvalue weighted by molar-refractivity contribution is 0.489. The molecule has 0 atom stereocenters. The molecule has 0 bridgehead atoms. The SMILES string of the molecule is CCNC(=NCC1(c2ccccc2F)CC1)N1CCCC1.I. The fraction of sp³-hybridized carbons (Fsp3) is 0.588. The molecule has 3 rings (SSSR count). The van der Waals surface area contributed by atoms with Gasteiger partial charge < -0.3 is 10.2 Å². The molecule has 1 heterocycles. The van der Waals surface area contributed by atoms with Gasteiger partial charge in [0.15, 0.2) is 5.96 Å². The van der Waals surface area contributed by atoms with Gasteiger partial charge in [-0.3, -0.25) is 4.99 Å². The third kappa shape index (κ3) is 3.73. The van der Waals surface area contributed by atoms with Crippen molar-refractivity contribution in [3.05, 3.63) is 35.6 Å². The number of guanidine groups is 1. The van der Waals surface area contributed by atoms with E-state index in [1.54, 1.807) is 12.1 Å². The zero-order valence-corrected chi connectivity index (χ0v) is 15.5. The fourth-order valence-corrected chi connectivity index (χ4v) is 3.14. The molecule has 22 heavy (non-hydrogen) atoms. The van der Waals surface area contributed by atoms with Crippen molar-refractivity contribution in [2.75, 3.05) is 26.2 Å². The molecule has 0 aromatic heterocycles. The first-order chi connectivity index (χ1) is 10.2. The van der Waals surface area contributed by atoms with E-state index in [4.69, 9.17) is 4.99 Å². The summed E-state index contributed by atoms with van der Waals surface area (Å²) < 4.78 is 14.0. The second-order valence-electron chi connectivity index (χ2n) is 6.12. The number of hydrogen-bond donors (Lipinski definition) is 1. The van der Waals surface area contributed by atoms with Crippen LogP contribution < -0.4 is 5.32 Å². The second kappa shape index (κ2) is 7.62. The smallest absolute Gasteiger partial charge is 0.193 e. The van der Waals surface area contributed by atoms with Gasteiger partial charge in [0.1, 0.15) is 5.82 Å². The Morgan fingerprint density at radius 1 is 1.27 bits per heavy atom. The molecule has 0 spiro atoms. The van der Waals surface area contributed by atoms with Crippen LogP contribution in [0.15, 0.2) is 29.3 Å². The molecule has 1 saturated carbocycles. The average molecular weight is 417 g/mol. The lowest BCUT2D eigenvalue weighted by Crippen LogP contribution is -2.40. The average Bonchev–Trinajstić information content (AvgIpc) is 3.08. The standard InChI is InChI=1S/C17H24FN3.HI/c1-2-19-16(21-11-5-6-12-21)20-13-17(9-10-17)14-7-3-4-8-15(14)18;/h3-4,7-8H,2,5-6,9-13H2,1H3,(H,19,20);1H. The number of aliphatic imine (C=N–C) groups is 1. The maximum Gasteiger partial charge on any atom is 0.193 e. The molecule has 2 fully saturated rings. The van der Waals surface area contributed by atoms with Crippen molar-refractivity contribution in [3.63, 3.8) is 0 Å². The highest BCUT2D eigenvalue weighted by Crippen LogP contribution is 2.49. The van der Waals surface area contributed by atoms with Crippen molar-refractivity contribution < 1.29 is 4.39 Å². The Bertz CT molecular complexity index is 522. The first-order valence-electron chi connectivity index (χ1n) is 8.03. The molecule has 1 saturated heterocycles. The molecule has 1 N–H and O–H groups in total. The molecule has 2 aliphatic rings. The van der Waals surface area contributed by atoms with Gasteiger partial charge in [0.25, 0.3) is 0 Å². The van der Waals surface area contributed by atoms with Crippen LogP contribution in [0, 0.1) is 5.82 Å². The molecule has 0 amide bonds. The Labute approximate surface area is 149 Å². The van der Waals surface area contributed by atoms with Crippen LogP contribution in [0.3, 0.4) is 0 Å². The summed E-state index contributed by atoms with van der Waals surface area (Å²) in [4.78, 5) is 7.13. The van der Waals surface area contributed by atoms with E-state index in [0.717, 1.165) is 44.0 Å². The minimum Gasteiger partial charge on any atom is -0.357 e. The summed E-state index contributed by atoms with van der Waals surface area (Å²) in [5, 5.41) is 3.37. The third-order valence-corrected chi connectivity index (χ3v) is 4.57. The van der Waals surface area contributed by atoms with E-state index in [1.807, 2.05) is 12.1 Å². The minimum absolute atomic E-state index is 0. The topological polar surface area (TPSA) is 27.6 Å². The number of hydrogen-bond acceptors (Lipinski definition) is 1. The number of likely N-dealkylation sites (tertiary alicyclic amines) is 1. The van der Waals surface area contributed by atoms with E-state index in [0.29, 0.717) is 6.54 Å². The highest BCUT2D eigenvalue weighted by Gasteiger charge is 2.45. The Kier molecular flexibility index (Phi) is 6.06. The number of halogens is 2. The van der Waals surface area contributed by atoms with Crippen LogP contribution >= 0.6 is 24.0 Å². The van der Waals surface area contributed by atoms with Gasteiger partial charge in [-0.05, 0) is 44.2 Å². The number of rotatable bonds is 4. The van der Waals surface area contributed by atoms with Crippen LogP contribution in [0.2, 0.25) is 0 Å². The van der Waals surface area contributed by atoms with Crippen LogP contribution in [0.25, 0.3) is 0 Å². The highest BCUT2D eigenvalue weighted by atomic mass is 127. The first-order valence-corrected chi connectivity index (χ1v) is 8.03. The second-order valence-corrected chi connectivity index (χ2v) is 6.12. The molecule has 0 radical (unpaired) electrons. The zero-order chi connectivity index (χ0) is 14.7. The van der Waals surface area contributed by atoms with Crippen LogP contribution in [-0.2, 0) is 5.41 Å². The van der Waals surface area contributed by atoms with E-state index in [1.165, 1.54) is 12.8 Å². The van der Waals surface area contributed by atoms with Crippen molar-refractivity contribution in [3.8, 4) is 0 Å². The van der Waals surface area contributed by atoms with Crippen molar-refractivity contribution in [1.29, 1.82) is 0 Å². The van der Waals surface area contributed by atoms with Crippen LogP contribution in [0.5, 0.6) is 0 Å². The summed E-state index contributed by atoms with van der Waals surface area (Å²) >= 11 is 0. The number of nitrogens with zero attached hydrogens (tertiary/aromatic N) is 2. The van der Waals surface area contributed by atoms with Gasteiger partial charge in [-0.15, -0.1) is 24.0 Å². The Morgan fingerprint density at radius 3 is 2.55 bits per heavy atom. The summed E-state index contributed by atoms with van der Waals surface area (Å²) in [7, 11) is 0. The highest BCUT2D eigenvalue weighted by molar-refractivity contribution is 14.0. The maximum atomic E-state index is 14.0. The van der Waals surface area contributed by atoms with Crippen LogP contribution in [0.1, 0.15) is 38.2 Å². The number of benzene rings is 1. The molecule has 1 aromatic rings. The molecular weight excluding hydrogens is 392 g/mol. The molecule has 0 unspecified atom stereocenters. The monoisotopic (exact) mass is 417 g/mol. The Morgan fingerprint density at radius 2 is 1.95 bits per heavy atom. The summed E-state index contributed by atoms with van der Waals surface area (Å²) in [6, 6.07) is 7.16. The minimum atomic E-state index is -0.0867. The van der Waals surface area contributed by atoms with Gasteiger partial charge in [-0.2, -0.15) is 0 Å². The largest absolute Gasteiger partial charge is 0.357 e. The molecule has 1 aliphatic heterocycles. The van der Waals surface area contributed by atoms with Gasteiger partial charge in [0.05, 0.1) is 6.54 Å². The Hall–Kier alpha value is -0.850. The van der Waals surface area contributed by atoms with Gasteiger partial charge in [-0.25, -0.2) is 4.39 Å². The first kappa shape index (κ1) is 17.5. The van der Waals surface area contributed by atoms with Crippen molar-refractivity contribution in [2.24, 2.45) is 4.99 Å². The van der Waals surface area contributed by atoms with Gasteiger partial charge in [0, 0.05) is 25.0 Å². The predicted molar refractivity (Wildman–Crippen MR) is 99.5 cm³/mol. The summed E-state index contributed by atoms with van der Waals surface area (Å²) in [5.74, 6) is 0.911. The molecule has 122 valence electrons. The molecule has 1 aromatic carbocycles. The van der Waals surface area contributed by atoms with Crippen LogP contribution in [-0.4, -0.2) is 37.0 Å². The van der Waals surface area contributed by atoms with Crippen molar-refractivity contribution >= 4 is 29.9 Å². The molecule has 1 aliphatic carbocycles. The van der Waals surface area contributed by atoms with Gasteiger partial charge >= 0.3 is 0 Å². The third-order valence-electron chi connectivity index (χ3n) is 4.57. The van der Waals surface area contributed by atoms with E-state index >= 15 is 0 Å². The zero-order valence-electron chi connectivity index (χ0n) is 13.1. The summed E-state index contributed by atoms with van der Waals surface area (Å²) in [6.45, 7) is 5.82. The van der Waals surface area contributed by atoms with Crippen molar-refractivity contribution in [2.45, 2.75) is 38.0 Å². The summed E-state index contributed by atoms with van der Waals surface area (Å²) in [6.07, 6.45) is 4.55. The lowest BCUT2D eigenvalue weighted by Gasteiger charge is -2.22. The van der Waals surface area contributed by atoms with E-state index in [-0.39, 0.29) is 35.2 Å². The number of nitrogens with one attached hydrogen (secondary N) is 1.